The van der Waals surface area contributed by atoms with Crippen molar-refractivity contribution in [2.75, 3.05) is 6.61 Å². The van der Waals surface area contributed by atoms with E-state index < -0.39 is 0 Å². The maximum atomic E-state index is 11.1. The summed E-state index contributed by atoms with van der Waals surface area (Å²) in [4.78, 5) is 11.1. The van der Waals surface area contributed by atoms with Crippen LogP contribution in [0.2, 0.25) is 0 Å². The van der Waals surface area contributed by atoms with Crippen LogP contribution in [0, 0.1) is 11.3 Å². The first kappa shape index (κ1) is 10.7. The Balaban J connectivity index is 2.58. The van der Waals surface area contributed by atoms with Crippen LogP contribution in [0.3, 0.4) is 0 Å². The maximum absolute atomic E-state index is 11.1. The first-order chi connectivity index (χ1) is 6.25. The second-order valence-corrected chi connectivity index (χ2v) is 4.33. The van der Waals surface area contributed by atoms with Crippen molar-refractivity contribution in [3.63, 3.8) is 0 Å². The van der Waals surface area contributed by atoms with Crippen LogP contribution in [0.1, 0.15) is 45.4 Å². The fourth-order valence-corrected chi connectivity index (χ4v) is 2.45. The summed E-state index contributed by atoms with van der Waals surface area (Å²) in [6.45, 7) is 2.38. The number of aldehydes is 1. The Hall–Kier alpha value is -0.370. The smallest absolute Gasteiger partial charge is 0.126 e. The fraction of sp³-hybridized carbons (Fsp3) is 0.909. The van der Waals surface area contributed by atoms with Crippen LogP contribution in [0.4, 0.5) is 0 Å². The molecule has 0 amide bonds. The normalized spacial score (nSPS) is 34.5. The highest BCUT2D eigenvalue weighted by atomic mass is 16.2. The number of aliphatic hydroxyl groups excluding tert-OH is 1. The van der Waals surface area contributed by atoms with Crippen LogP contribution in [0.5, 0.6) is 0 Å². The summed E-state index contributed by atoms with van der Waals surface area (Å²) in [5.74, 6) is 0.505. The van der Waals surface area contributed by atoms with Crippen molar-refractivity contribution in [2.24, 2.45) is 11.3 Å². The average Bonchev–Trinajstić information content (AvgIpc) is 2.17. The number of carbonyl (C=O) groups excluding carboxylic acids is 1. The Morgan fingerprint density at radius 2 is 2.31 bits per heavy atom. The van der Waals surface area contributed by atoms with Gasteiger partial charge in [0.05, 0.1) is 0 Å². The minimum absolute atomic E-state index is 0.110. The molecule has 2 heteroatoms. The highest BCUT2D eigenvalue weighted by Crippen LogP contribution is 2.42. The minimum Gasteiger partial charge on any atom is -0.396 e. The van der Waals surface area contributed by atoms with Crippen molar-refractivity contribution in [3.8, 4) is 0 Å². The summed E-state index contributed by atoms with van der Waals surface area (Å²) < 4.78 is 0. The standard InChI is InChI=1S/C11H20O2/c1-10-5-2-3-6-11(10,9-13)7-4-8-12/h9-10,12H,2-8H2,1H3. The zero-order valence-electron chi connectivity index (χ0n) is 8.46. The van der Waals surface area contributed by atoms with Crippen molar-refractivity contribution in [2.45, 2.75) is 45.4 Å². The number of carbonyl (C=O) groups is 1. The molecule has 0 radical (unpaired) electrons. The number of hydrogen-bond donors (Lipinski definition) is 1. The maximum Gasteiger partial charge on any atom is 0.126 e. The number of aliphatic hydroxyl groups is 1. The van der Waals surface area contributed by atoms with E-state index in [2.05, 4.69) is 6.92 Å². The van der Waals surface area contributed by atoms with Gasteiger partial charge in [-0.25, -0.2) is 0 Å². The zero-order chi connectivity index (χ0) is 9.73. The summed E-state index contributed by atoms with van der Waals surface area (Å²) in [6, 6.07) is 0. The second kappa shape index (κ2) is 4.75. The lowest BCUT2D eigenvalue weighted by molar-refractivity contribution is -0.121. The monoisotopic (exact) mass is 184 g/mol. The highest BCUT2D eigenvalue weighted by Gasteiger charge is 2.37. The van der Waals surface area contributed by atoms with Gasteiger partial charge < -0.3 is 9.90 Å². The SMILES string of the molecule is CC1CCCCC1(C=O)CCCO. The third-order valence-electron chi connectivity index (χ3n) is 3.55. The molecule has 0 aromatic carbocycles. The topological polar surface area (TPSA) is 37.3 Å². The summed E-state index contributed by atoms with van der Waals surface area (Å²) in [6.07, 6.45) is 7.41. The van der Waals surface area contributed by atoms with Crippen molar-refractivity contribution >= 4 is 6.29 Å². The van der Waals surface area contributed by atoms with Gasteiger partial charge in [0.1, 0.15) is 6.29 Å². The molecule has 1 aliphatic rings. The molecule has 1 rings (SSSR count). The summed E-state index contributed by atoms with van der Waals surface area (Å²) in [5, 5.41) is 8.78. The van der Waals surface area contributed by atoms with Gasteiger partial charge in [-0.1, -0.05) is 19.8 Å². The number of hydrogen-bond acceptors (Lipinski definition) is 2. The summed E-state index contributed by atoms with van der Waals surface area (Å²) in [5.41, 5.74) is -0.110. The van der Waals surface area contributed by atoms with Gasteiger partial charge >= 0.3 is 0 Å². The van der Waals surface area contributed by atoms with Crippen LogP contribution in [0.15, 0.2) is 0 Å². The van der Waals surface area contributed by atoms with Gasteiger partial charge in [0, 0.05) is 12.0 Å². The molecule has 0 aliphatic heterocycles. The Bertz CT molecular complexity index is 167. The van der Waals surface area contributed by atoms with Crippen LogP contribution in [-0.4, -0.2) is 18.0 Å². The van der Waals surface area contributed by atoms with E-state index in [9.17, 15) is 4.79 Å². The predicted octanol–water partition coefficient (Wildman–Crippen LogP) is 2.15. The van der Waals surface area contributed by atoms with Gasteiger partial charge in [0.15, 0.2) is 0 Å². The lowest BCUT2D eigenvalue weighted by Crippen LogP contribution is -2.33. The molecule has 2 unspecified atom stereocenters. The van der Waals surface area contributed by atoms with Gasteiger partial charge in [-0.3, -0.25) is 0 Å². The Kier molecular flexibility index (Phi) is 3.91. The fourth-order valence-electron chi connectivity index (χ4n) is 2.45. The molecule has 0 spiro atoms. The lowest BCUT2D eigenvalue weighted by atomic mass is 9.65. The number of rotatable bonds is 4. The molecule has 1 aliphatic carbocycles. The highest BCUT2D eigenvalue weighted by molar-refractivity contribution is 5.60. The van der Waals surface area contributed by atoms with Crippen LogP contribution < -0.4 is 0 Å². The largest absolute Gasteiger partial charge is 0.396 e. The molecule has 0 aromatic rings. The Morgan fingerprint density at radius 3 is 2.85 bits per heavy atom. The second-order valence-electron chi connectivity index (χ2n) is 4.33. The quantitative estimate of drug-likeness (QED) is 0.680. The molecule has 1 saturated carbocycles. The van der Waals surface area contributed by atoms with Crippen LogP contribution in [-0.2, 0) is 4.79 Å². The van der Waals surface area contributed by atoms with Crippen molar-refractivity contribution in [3.05, 3.63) is 0 Å². The van der Waals surface area contributed by atoms with E-state index in [0.29, 0.717) is 5.92 Å². The third kappa shape index (κ3) is 2.31. The van der Waals surface area contributed by atoms with Gasteiger partial charge in [-0.2, -0.15) is 0 Å². The molecule has 1 fully saturated rings. The van der Waals surface area contributed by atoms with E-state index in [1.165, 1.54) is 19.3 Å². The van der Waals surface area contributed by atoms with E-state index in [0.717, 1.165) is 25.5 Å². The van der Waals surface area contributed by atoms with Crippen LogP contribution in [0.25, 0.3) is 0 Å². The van der Waals surface area contributed by atoms with Crippen molar-refractivity contribution in [1.82, 2.24) is 0 Å². The first-order valence-corrected chi connectivity index (χ1v) is 5.32. The molecule has 2 nitrogen and oxygen atoms in total. The molecule has 13 heavy (non-hydrogen) atoms. The summed E-state index contributed by atoms with van der Waals surface area (Å²) in [7, 11) is 0. The molecular weight excluding hydrogens is 164 g/mol. The van der Waals surface area contributed by atoms with E-state index in [1.54, 1.807) is 0 Å². The van der Waals surface area contributed by atoms with Crippen molar-refractivity contribution < 1.29 is 9.90 Å². The molecule has 0 aromatic heterocycles. The zero-order valence-corrected chi connectivity index (χ0v) is 8.46. The van der Waals surface area contributed by atoms with Gasteiger partial charge in [0.25, 0.3) is 0 Å². The van der Waals surface area contributed by atoms with Crippen LogP contribution >= 0.6 is 0 Å². The lowest BCUT2D eigenvalue weighted by Gasteiger charge is -2.38. The summed E-state index contributed by atoms with van der Waals surface area (Å²) >= 11 is 0. The molecule has 1 N–H and O–H groups in total. The van der Waals surface area contributed by atoms with E-state index in [-0.39, 0.29) is 12.0 Å². The molecule has 0 bridgehead atoms. The Labute approximate surface area is 80.3 Å². The molecule has 76 valence electrons. The molecule has 0 heterocycles. The van der Waals surface area contributed by atoms with E-state index in [4.69, 9.17) is 5.11 Å². The molecular formula is C11H20O2. The third-order valence-corrected chi connectivity index (χ3v) is 3.55. The minimum atomic E-state index is -0.110. The van der Waals surface area contributed by atoms with Crippen molar-refractivity contribution in [1.29, 1.82) is 0 Å². The van der Waals surface area contributed by atoms with Gasteiger partial charge in [0.2, 0.25) is 0 Å². The molecule has 0 saturated heterocycles. The van der Waals surface area contributed by atoms with E-state index >= 15 is 0 Å². The molecule has 2 atom stereocenters. The van der Waals surface area contributed by atoms with Gasteiger partial charge in [-0.15, -0.1) is 0 Å². The van der Waals surface area contributed by atoms with E-state index in [1.807, 2.05) is 0 Å². The average molecular weight is 184 g/mol. The predicted molar refractivity (Wildman–Crippen MR) is 52.4 cm³/mol. The first-order valence-electron chi connectivity index (χ1n) is 5.32. The Morgan fingerprint density at radius 1 is 1.54 bits per heavy atom. The van der Waals surface area contributed by atoms with Gasteiger partial charge in [-0.05, 0) is 31.6 Å².